The van der Waals surface area contributed by atoms with Crippen molar-refractivity contribution in [1.82, 2.24) is 0 Å². The second kappa shape index (κ2) is 5.87. The summed E-state index contributed by atoms with van der Waals surface area (Å²) in [5.41, 5.74) is 0.762. The van der Waals surface area contributed by atoms with Gasteiger partial charge in [0.25, 0.3) is 0 Å². The molecule has 1 unspecified atom stereocenters. The highest BCUT2D eigenvalue weighted by Gasteiger charge is 2.13. The lowest BCUT2D eigenvalue weighted by molar-refractivity contribution is 0.0247. The van der Waals surface area contributed by atoms with Crippen molar-refractivity contribution >= 4 is 5.69 Å². The number of ether oxygens (including phenoxy) is 2. The number of benzene rings is 1. The quantitative estimate of drug-likeness (QED) is 0.876. The summed E-state index contributed by atoms with van der Waals surface area (Å²) < 4.78 is 23.9. The summed E-state index contributed by atoms with van der Waals surface area (Å²) in [4.78, 5) is 0. The number of rotatable bonds is 4. The standard InChI is InChI=1S/C13H18FNO2/c1-16-13-6-5-10(8-12(13)14)15-9-11-4-2-3-7-17-11/h5-6,8,11,15H,2-4,7,9H2,1H3. The maximum atomic E-state index is 13.4. The maximum Gasteiger partial charge on any atom is 0.167 e. The SMILES string of the molecule is COc1ccc(NCC2CCCCO2)cc1F. The lowest BCUT2D eigenvalue weighted by Crippen LogP contribution is -2.26. The van der Waals surface area contributed by atoms with Crippen LogP contribution in [-0.2, 0) is 4.74 Å². The summed E-state index contributed by atoms with van der Waals surface area (Å²) in [6.45, 7) is 1.56. The summed E-state index contributed by atoms with van der Waals surface area (Å²) in [5, 5.41) is 3.19. The van der Waals surface area contributed by atoms with E-state index in [2.05, 4.69) is 5.32 Å². The van der Waals surface area contributed by atoms with Gasteiger partial charge >= 0.3 is 0 Å². The van der Waals surface area contributed by atoms with Crippen LogP contribution in [0.1, 0.15) is 19.3 Å². The van der Waals surface area contributed by atoms with Crippen molar-refractivity contribution in [2.45, 2.75) is 25.4 Å². The largest absolute Gasteiger partial charge is 0.494 e. The van der Waals surface area contributed by atoms with Gasteiger partial charge in [-0.15, -0.1) is 0 Å². The van der Waals surface area contributed by atoms with Crippen molar-refractivity contribution < 1.29 is 13.9 Å². The molecule has 1 fully saturated rings. The van der Waals surface area contributed by atoms with Crippen LogP contribution in [0.25, 0.3) is 0 Å². The lowest BCUT2D eigenvalue weighted by Gasteiger charge is -2.23. The van der Waals surface area contributed by atoms with Crippen LogP contribution in [0, 0.1) is 5.82 Å². The van der Waals surface area contributed by atoms with E-state index in [1.165, 1.54) is 19.6 Å². The highest BCUT2D eigenvalue weighted by molar-refractivity contribution is 5.47. The molecule has 2 rings (SSSR count). The fourth-order valence-corrected chi connectivity index (χ4v) is 1.98. The minimum Gasteiger partial charge on any atom is -0.494 e. The zero-order valence-corrected chi connectivity index (χ0v) is 10.0. The fraction of sp³-hybridized carbons (Fsp3) is 0.538. The maximum absolute atomic E-state index is 13.4. The van der Waals surface area contributed by atoms with Gasteiger partial charge in [-0.05, 0) is 31.4 Å². The molecule has 1 saturated heterocycles. The summed E-state index contributed by atoms with van der Waals surface area (Å²) in [6, 6.07) is 4.88. The van der Waals surface area contributed by atoms with Gasteiger partial charge in [0.1, 0.15) is 0 Å². The minimum atomic E-state index is -0.345. The highest BCUT2D eigenvalue weighted by atomic mass is 19.1. The van der Waals surface area contributed by atoms with Gasteiger partial charge in [0.15, 0.2) is 11.6 Å². The topological polar surface area (TPSA) is 30.5 Å². The van der Waals surface area contributed by atoms with Gasteiger partial charge in [-0.1, -0.05) is 0 Å². The van der Waals surface area contributed by atoms with Gasteiger partial charge in [0, 0.05) is 24.9 Å². The summed E-state index contributed by atoms with van der Waals surface area (Å²) in [5.74, 6) is -0.0773. The Hall–Kier alpha value is -1.29. The molecule has 1 aromatic carbocycles. The van der Waals surface area contributed by atoms with Crippen LogP contribution in [-0.4, -0.2) is 26.4 Å². The zero-order chi connectivity index (χ0) is 12.1. The van der Waals surface area contributed by atoms with E-state index in [1.54, 1.807) is 6.07 Å². The van der Waals surface area contributed by atoms with Crippen LogP contribution in [0.15, 0.2) is 18.2 Å². The smallest absolute Gasteiger partial charge is 0.167 e. The monoisotopic (exact) mass is 239 g/mol. The molecule has 1 N–H and O–H groups in total. The summed E-state index contributed by atoms with van der Waals surface area (Å²) >= 11 is 0. The molecule has 1 aliphatic rings. The molecule has 1 atom stereocenters. The van der Waals surface area contributed by atoms with E-state index in [4.69, 9.17) is 9.47 Å². The highest BCUT2D eigenvalue weighted by Crippen LogP contribution is 2.21. The molecular formula is C13H18FNO2. The van der Waals surface area contributed by atoms with Crippen molar-refractivity contribution in [3.05, 3.63) is 24.0 Å². The second-order valence-corrected chi connectivity index (χ2v) is 4.22. The molecule has 1 heterocycles. The Morgan fingerprint density at radius 1 is 1.47 bits per heavy atom. The first-order valence-corrected chi connectivity index (χ1v) is 5.98. The van der Waals surface area contributed by atoms with Crippen molar-refractivity contribution in [1.29, 1.82) is 0 Å². The van der Waals surface area contributed by atoms with E-state index in [0.717, 1.165) is 31.7 Å². The number of nitrogens with one attached hydrogen (secondary N) is 1. The zero-order valence-electron chi connectivity index (χ0n) is 10.0. The van der Waals surface area contributed by atoms with E-state index in [0.29, 0.717) is 0 Å². The molecule has 94 valence electrons. The Balaban J connectivity index is 1.87. The molecule has 1 aromatic rings. The molecule has 0 spiro atoms. The van der Waals surface area contributed by atoms with Crippen molar-refractivity contribution in [3.8, 4) is 5.75 Å². The number of anilines is 1. The molecule has 3 nitrogen and oxygen atoms in total. The number of methoxy groups -OCH3 is 1. The average Bonchev–Trinajstić information content (AvgIpc) is 2.38. The molecule has 0 saturated carbocycles. The van der Waals surface area contributed by atoms with Crippen molar-refractivity contribution in [2.24, 2.45) is 0 Å². The molecule has 17 heavy (non-hydrogen) atoms. The molecule has 0 amide bonds. The van der Waals surface area contributed by atoms with Crippen LogP contribution >= 0.6 is 0 Å². The first-order valence-electron chi connectivity index (χ1n) is 5.98. The number of hydrogen-bond donors (Lipinski definition) is 1. The van der Waals surface area contributed by atoms with Gasteiger partial charge < -0.3 is 14.8 Å². The van der Waals surface area contributed by atoms with E-state index < -0.39 is 0 Å². The lowest BCUT2D eigenvalue weighted by atomic mass is 10.1. The molecule has 0 bridgehead atoms. The van der Waals surface area contributed by atoms with E-state index >= 15 is 0 Å². The van der Waals surface area contributed by atoms with Gasteiger partial charge in [-0.25, -0.2) is 4.39 Å². The van der Waals surface area contributed by atoms with Gasteiger partial charge in [-0.2, -0.15) is 0 Å². The average molecular weight is 239 g/mol. The summed E-state index contributed by atoms with van der Waals surface area (Å²) in [6.07, 6.45) is 3.68. The third kappa shape index (κ3) is 3.33. The van der Waals surface area contributed by atoms with Gasteiger partial charge in [-0.3, -0.25) is 0 Å². The molecule has 4 heteroatoms. The van der Waals surface area contributed by atoms with Gasteiger partial charge in [0.05, 0.1) is 13.2 Å². The van der Waals surface area contributed by atoms with Crippen molar-refractivity contribution in [2.75, 3.05) is 25.6 Å². The van der Waals surface area contributed by atoms with E-state index in [9.17, 15) is 4.39 Å². The minimum absolute atomic E-state index is 0.244. The Labute approximate surface area is 101 Å². The first-order chi connectivity index (χ1) is 8.29. The van der Waals surface area contributed by atoms with Crippen molar-refractivity contribution in [3.63, 3.8) is 0 Å². The van der Waals surface area contributed by atoms with Crippen LogP contribution in [0.5, 0.6) is 5.75 Å². The number of hydrogen-bond acceptors (Lipinski definition) is 3. The normalized spacial score (nSPS) is 20.0. The van der Waals surface area contributed by atoms with E-state index in [1.807, 2.05) is 6.07 Å². The molecule has 0 radical (unpaired) electrons. The summed E-state index contributed by atoms with van der Waals surface area (Å²) in [7, 11) is 1.46. The Kier molecular flexibility index (Phi) is 4.20. The van der Waals surface area contributed by atoms with Crippen LogP contribution in [0.2, 0.25) is 0 Å². The van der Waals surface area contributed by atoms with Crippen LogP contribution in [0.4, 0.5) is 10.1 Å². The third-order valence-electron chi connectivity index (χ3n) is 2.96. The molecular weight excluding hydrogens is 221 g/mol. The Morgan fingerprint density at radius 2 is 2.35 bits per heavy atom. The first kappa shape index (κ1) is 12.2. The molecule has 0 aromatic heterocycles. The van der Waals surface area contributed by atoms with Crippen LogP contribution < -0.4 is 10.1 Å². The fourth-order valence-electron chi connectivity index (χ4n) is 1.98. The second-order valence-electron chi connectivity index (χ2n) is 4.22. The Morgan fingerprint density at radius 3 is 3.00 bits per heavy atom. The van der Waals surface area contributed by atoms with E-state index in [-0.39, 0.29) is 17.7 Å². The Bertz CT molecular complexity index is 364. The van der Waals surface area contributed by atoms with Crippen LogP contribution in [0.3, 0.4) is 0 Å². The third-order valence-corrected chi connectivity index (χ3v) is 2.96. The van der Waals surface area contributed by atoms with Gasteiger partial charge in [0.2, 0.25) is 0 Å². The predicted molar refractivity (Wildman–Crippen MR) is 65.0 cm³/mol. The molecule has 0 aliphatic carbocycles. The predicted octanol–water partition coefficient (Wildman–Crippen LogP) is 2.82. The molecule has 1 aliphatic heterocycles. The number of halogens is 1.